The second-order valence-electron chi connectivity index (χ2n) is 3.47. The maximum Gasteiger partial charge on any atom is 0.0636 e. The third-order valence-corrected chi connectivity index (χ3v) is 1.55. The number of aliphatic hydroxyl groups is 1. The number of aliphatic hydroxyl groups excluding tert-OH is 1. The Morgan fingerprint density at radius 1 is 1.38 bits per heavy atom. The maximum absolute atomic E-state index is 8.92. The van der Waals surface area contributed by atoms with Crippen LogP contribution in [0.4, 0.5) is 0 Å². The van der Waals surface area contributed by atoms with Gasteiger partial charge in [-0.1, -0.05) is 0 Å². The van der Waals surface area contributed by atoms with Gasteiger partial charge in [0.05, 0.1) is 19.3 Å². The predicted octanol–water partition coefficient (Wildman–Crippen LogP) is -0.465. The zero-order chi connectivity index (χ0) is 10.1. The third-order valence-electron chi connectivity index (χ3n) is 1.55. The molecule has 0 aliphatic carbocycles. The molecule has 80 valence electrons. The standard InChI is InChI=1S/C9H22N2O2/c1-9(12)8-10-4-6-13-7-5-11(2)3/h9-10,12H,4-8H2,1-3H3/t9-/m0/s1. The molecule has 0 unspecified atom stereocenters. The van der Waals surface area contributed by atoms with E-state index in [1.807, 2.05) is 14.1 Å². The van der Waals surface area contributed by atoms with Gasteiger partial charge in [0.1, 0.15) is 0 Å². The minimum Gasteiger partial charge on any atom is -0.392 e. The molecule has 0 rings (SSSR count). The molecule has 0 aliphatic rings. The molecular formula is C9H22N2O2. The summed E-state index contributed by atoms with van der Waals surface area (Å²) in [5.74, 6) is 0. The molecule has 0 fully saturated rings. The number of rotatable bonds is 8. The first-order chi connectivity index (χ1) is 6.13. The van der Waals surface area contributed by atoms with Crippen LogP contribution in [0, 0.1) is 0 Å². The van der Waals surface area contributed by atoms with Crippen molar-refractivity contribution in [2.45, 2.75) is 13.0 Å². The smallest absolute Gasteiger partial charge is 0.0636 e. The molecule has 0 heterocycles. The fraction of sp³-hybridized carbons (Fsp3) is 1.00. The van der Waals surface area contributed by atoms with E-state index in [1.165, 1.54) is 0 Å². The first-order valence-electron chi connectivity index (χ1n) is 4.74. The summed E-state index contributed by atoms with van der Waals surface area (Å²) >= 11 is 0. The topological polar surface area (TPSA) is 44.7 Å². The molecule has 1 atom stereocenters. The van der Waals surface area contributed by atoms with Crippen LogP contribution in [0.2, 0.25) is 0 Å². The molecule has 0 aliphatic heterocycles. The van der Waals surface area contributed by atoms with Gasteiger partial charge in [-0.3, -0.25) is 0 Å². The Bertz CT molecular complexity index is 95.8. The molecule has 0 bridgehead atoms. The summed E-state index contributed by atoms with van der Waals surface area (Å²) in [7, 11) is 4.05. The number of nitrogens with zero attached hydrogens (tertiary/aromatic N) is 1. The van der Waals surface area contributed by atoms with Crippen molar-refractivity contribution in [1.29, 1.82) is 0 Å². The number of ether oxygens (including phenoxy) is 1. The first-order valence-corrected chi connectivity index (χ1v) is 4.74. The Morgan fingerprint density at radius 2 is 2.08 bits per heavy atom. The van der Waals surface area contributed by atoms with E-state index in [9.17, 15) is 0 Å². The molecule has 0 aromatic rings. The summed E-state index contributed by atoms with van der Waals surface area (Å²) < 4.78 is 5.34. The second kappa shape index (κ2) is 8.44. The molecular weight excluding hydrogens is 168 g/mol. The van der Waals surface area contributed by atoms with Gasteiger partial charge in [0, 0.05) is 19.6 Å². The number of nitrogens with one attached hydrogen (secondary N) is 1. The monoisotopic (exact) mass is 190 g/mol. The molecule has 0 radical (unpaired) electrons. The van der Waals surface area contributed by atoms with E-state index in [0.717, 1.165) is 19.7 Å². The summed E-state index contributed by atoms with van der Waals surface area (Å²) in [4.78, 5) is 2.09. The minimum atomic E-state index is -0.276. The van der Waals surface area contributed by atoms with Crippen molar-refractivity contribution in [3.8, 4) is 0 Å². The van der Waals surface area contributed by atoms with E-state index in [4.69, 9.17) is 9.84 Å². The van der Waals surface area contributed by atoms with E-state index in [0.29, 0.717) is 13.2 Å². The van der Waals surface area contributed by atoms with Gasteiger partial charge in [-0.25, -0.2) is 0 Å². The molecule has 2 N–H and O–H groups in total. The van der Waals surface area contributed by atoms with Crippen molar-refractivity contribution in [3.05, 3.63) is 0 Å². The Kier molecular flexibility index (Phi) is 8.33. The van der Waals surface area contributed by atoms with Crippen molar-refractivity contribution in [3.63, 3.8) is 0 Å². The van der Waals surface area contributed by atoms with Gasteiger partial charge in [0.15, 0.2) is 0 Å². The highest BCUT2D eigenvalue weighted by Crippen LogP contribution is 1.78. The van der Waals surface area contributed by atoms with Gasteiger partial charge >= 0.3 is 0 Å². The Labute approximate surface area is 80.9 Å². The molecule has 0 aromatic heterocycles. The van der Waals surface area contributed by atoms with E-state index < -0.39 is 0 Å². The summed E-state index contributed by atoms with van der Waals surface area (Å²) in [6.07, 6.45) is -0.276. The lowest BCUT2D eigenvalue weighted by Crippen LogP contribution is -2.28. The van der Waals surface area contributed by atoms with Crippen LogP contribution in [-0.4, -0.2) is 63.1 Å². The number of hydrogen-bond donors (Lipinski definition) is 2. The van der Waals surface area contributed by atoms with Crippen LogP contribution in [-0.2, 0) is 4.74 Å². The Hall–Kier alpha value is -0.160. The van der Waals surface area contributed by atoms with Crippen LogP contribution in [0.5, 0.6) is 0 Å². The Morgan fingerprint density at radius 3 is 2.62 bits per heavy atom. The zero-order valence-corrected chi connectivity index (χ0v) is 8.92. The van der Waals surface area contributed by atoms with Crippen molar-refractivity contribution in [2.75, 3.05) is 46.9 Å². The van der Waals surface area contributed by atoms with Gasteiger partial charge in [0.2, 0.25) is 0 Å². The van der Waals surface area contributed by atoms with Crippen LogP contribution in [0.1, 0.15) is 6.92 Å². The average molecular weight is 190 g/mol. The van der Waals surface area contributed by atoms with Crippen LogP contribution >= 0.6 is 0 Å². The Balaban J connectivity index is 2.92. The highest BCUT2D eigenvalue weighted by Gasteiger charge is 1.94. The number of likely N-dealkylation sites (N-methyl/N-ethyl adjacent to an activating group) is 1. The molecule has 0 amide bonds. The quantitative estimate of drug-likeness (QED) is 0.508. The lowest BCUT2D eigenvalue weighted by Gasteiger charge is -2.10. The van der Waals surface area contributed by atoms with Crippen LogP contribution in [0.3, 0.4) is 0 Å². The van der Waals surface area contributed by atoms with Gasteiger partial charge in [-0.15, -0.1) is 0 Å². The van der Waals surface area contributed by atoms with Crippen molar-refractivity contribution in [2.24, 2.45) is 0 Å². The first kappa shape index (κ1) is 12.8. The number of hydrogen-bond acceptors (Lipinski definition) is 4. The minimum absolute atomic E-state index is 0.276. The summed E-state index contributed by atoms with van der Waals surface area (Å²) in [5.41, 5.74) is 0. The van der Waals surface area contributed by atoms with Crippen LogP contribution < -0.4 is 5.32 Å². The molecule has 4 heteroatoms. The fourth-order valence-corrected chi connectivity index (χ4v) is 0.804. The maximum atomic E-state index is 8.92. The molecule has 4 nitrogen and oxygen atoms in total. The molecule has 0 saturated carbocycles. The second-order valence-corrected chi connectivity index (χ2v) is 3.47. The van der Waals surface area contributed by atoms with Crippen LogP contribution in [0.15, 0.2) is 0 Å². The lowest BCUT2D eigenvalue weighted by molar-refractivity contribution is 0.115. The lowest BCUT2D eigenvalue weighted by atomic mass is 10.4. The summed E-state index contributed by atoms with van der Waals surface area (Å²) in [6, 6.07) is 0. The van der Waals surface area contributed by atoms with Crippen molar-refractivity contribution < 1.29 is 9.84 Å². The molecule has 0 saturated heterocycles. The molecule has 0 aromatic carbocycles. The highest BCUT2D eigenvalue weighted by molar-refractivity contribution is 4.51. The fourth-order valence-electron chi connectivity index (χ4n) is 0.804. The summed E-state index contributed by atoms with van der Waals surface area (Å²) in [5, 5.41) is 12.0. The average Bonchev–Trinajstić information content (AvgIpc) is 2.01. The highest BCUT2D eigenvalue weighted by atomic mass is 16.5. The van der Waals surface area contributed by atoms with Crippen molar-refractivity contribution in [1.82, 2.24) is 10.2 Å². The van der Waals surface area contributed by atoms with E-state index in [2.05, 4.69) is 10.2 Å². The van der Waals surface area contributed by atoms with Gasteiger partial charge in [0.25, 0.3) is 0 Å². The molecule has 0 spiro atoms. The predicted molar refractivity (Wildman–Crippen MR) is 53.9 cm³/mol. The largest absolute Gasteiger partial charge is 0.392 e. The van der Waals surface area contributed by atoms with E-state index >= 15 is 0 Å². The normalized spacial score (nSPS) is 13.6. The SMILES string of the molecule is C[C@H](O)CNCCOCCN(C)C. The van der Waals surface area contributed by atoms with E-state index in [1.54, 1.807) is 6.92 Å². The van der Waals surface area contributed by atoms with E-state index in [-0.39, 0.29) is 6.10 Å². The third kappa shape index (κ3) is 11.8. The molecule has 13 heavy (non-hydrogen) atoms. The van der Waals surface area contributed by atoms with Gasteiger partial charge in [-0.2, -0.15) is 0 Å². The summed E-state index contributed by atoms with van der Waals surface area (Å²) in [6.45, 7) is 5.63. The van der Waals surface area contributed by atoms with Crippen molar-refractivity contribution >= 4 is 0 Å². The van der Waals surface area contributed by atoms with Gasteiger partial charge < -0.3 is 20.1 Å². The van der Waals surface area contributed by atoms with Crippen LogP contribution in [0.25, 0.3) is 0 Å². The van der Waals surface area contributed by atoms with Gasteiger partial charge in [-0.05, 0) is 21.0 Å². The zero-order valence-electron chi connectivity index (χ0n) is 8.92.